The van der Waals surface area contributed by atoms with Crippen LogP contribution in [0.25, 0.3) is 0 Å². The average molecular weight is 391 g/mol. The van der Waals surface area contributed by atoms with Gasteiger partial charge in [0.15, 0.2) is 0 Å². The molecule has 1 saturated heterocycles. The summed E-state index contributed by atoms with van der Waals surface area (Å²) in [5, 5.41) is 1.31. The average Bonchev–Trinajstić information content (AvgIpc) is 2.65. The van der Waals surface area contributed by atoms with Crippen LogP contribution in [0, 0.1) is 0 Å². The van der Waals surface area contributed by atoms with Crippen molar-refractivity contribution in [3.05, 3.63) is 63.9 Å². The Labute approximate surface area is 165 Å². The molecule has 0 aliphatic carbocycles. The number of piperidine rings is 1. The third-order valence-electron chi connectivity index (χ3n) is 5.33. The van der Waals surface area contributed by atoms with Gasteiger partial charge in [0.1, 0.15) is 0 Å². The van der Waals surface area contributed by atoms with E-state index in [4.69, 9.17) is 23.2 Å². The molecule has 0 saturated carbocycles. The molecule has 1 aliphatic heterocycles. The van der Waals surface area contributed by atoms with Gasteiger partial charge in [0.05, 0.1) is 16.6 Å². The zero-order valence-electron chi connectivity index (χ0n) is 15.2. The summed E-state index contributed by atoms with van der Waals surface area (Å²) in [6.07, 6.45) is 4.26. The third-order valence-corrected chi connectivity index (χ3v) is 5.79. The largest absolute Gasteiger partial charge is 0.339 e. The van der Waals surface area contributed by atoms with Gasteiger partial charge in [-0.2, -0.15) is 0 Å². The molecule has 2 atom stereocenters. The quantitative estimate of drug-likeness (QED) is 0.657. The zero-order chi connectivity index (χ0) is 18.7. The molecular weight excluding hydrogens is 367 g/mol. The maximum Gasteiger partial charge on any atom is 0.232 e. The lowest BCUT2D eigenvalue weighted by atomic mass is 9.81. The fourth-order valence-electron chi connectivity index (χ4n) is 3.89. The number of nitrogens with zero attached hydrogens (tertiary/aromatic N) is 2. The van der Waals surface area contributed by atoms with Gasteiger partial charge < -0.3 is 4.90 Å². The van der Waals surface area contributed by atoms with Gasteiger partial charge in [-0.25, -0.2) is 0 Å². The van der Waals surface area contributed by atoms with E-state index in [1.807, 2.05) is 30.3 Å². The van der Waals surface area contributed by atoms with Crippen LogP contribution in [0.2, 0.25) is 10.0 Å². The lowest BCUT2D eigenvalue weighted by Gasteiger charge is -2.41. The lowest BCUT2D eigenvalue weighted by Crippen LogP contribution is -2.48. The van der Waals surface area contributed by atoms with Gasteiger partial charge in [-0.1, -0.05) is 49.2 Å². The highest BCUT2D eigenvalue weighted by atomic mass is 35.5. The van der Waals surface area contributed by atoms with Crippen LogP contribution in [0.15, 0.2) is 42.6 Å². The molecule has 1 aliphatic rings. The minimum atomic E-state index is -0.245. The molecule has 5 heteroatoms. The fraction of sp³-hybridized carbons (Fsp3) is 0.429. The summed E-state index contributed by atoms with van der Waals surface area (Å²) in [6, 6.07) is 11.9. The van der Waals surface area contributed by atoms with Crippen LogP contribution < -0.4 is 0 Å². The number of rotatable bonds is 5. The van der Waals surface area contributed by atoms with Crippen LogP contribution in [0.5, 0.6) is 0 Å². The van der Waals surface area contributed by atoms with Crippen molar-refractivity contribution in [2.45, 2.75) is 51.0 Å². The molecule has 0 radical (unpaired) electrons. The number of halogens is 2. The summed E-state index contributed by atoms with van der Waals surface area (Å²) < 4.78 is 0. The first-order valence-corrected chi connectivity index (χ1v) is 9.96. The third kappa shape index (κ3) is 4.05. The molecule has 2 heterocycles. The van der Waals surface area contributed by atoms with Crippen molar-refractivity contribution in [3.63, 3.8) is 0 Å². The van der Waals surface area contributed by atoms with E-state index in [9.17, 15) is 4.79 Å². The van der Waals surface area contributed by atoms with Crippen molar-refractivity contribution in [1.29, 1.82) is 0 Å². The molecule has 1 aromatic heterocycles. The van der Waals surface area contributed by atoms with E-state index in [2.05, 4.69) is 29.8 Å². The number of benzene rings is 1. The molecule has 26 heavy (non-hydrogen) atoms. The van der Waals surface area contributed by atoms with Crippen LogP contribution in [-0.4, -0.2) is 28.4 Å². The molecule has 3 nitrogen and oxygen atoms in total. The highest BCUT2D eigenvalue weighted by molar-refractivity contribution is 6.30. The van der Waals surface area contributed by atoms with Crippen molar-refractivity contribution >= 4 is 29.1 Å². The minimum Gasteiger partial charge on any atom is -0.339 e. The van der Waals surface area contributed by atoms with E-state index in [-0.39, 0.29) is 23.8 Å². The topological polar surface area (TPSA) is 33.2 Å². The monoisotopic (exact) mass is 390 g/mol. The van der Waals surface area contributed by atoms with Gasteiger partial charge >= 0.3 is 0 Å². The van der Waals surface area contributed by atoms with Crippen molar-refractivity contribution in [2.24, 2.45) is 0 Å². The van der Waals surface area contributed by atoms with E-state index in [1.54, 1.807) is 6.20 Å². The second-order valence-corrected chi connectivity index (χ2v) is 7.78. The zero-order valence-corrected chi connectivity index (χ0v) is 16.7. The number of amides is 1. The summed E-state index contributed by atoms with van der Waals surface area (Å²) in [4.78, 5) is 19.7. The summed E-state index contributed by atoms with van der Waals surface area (Å²) in [5.74, 6) is 0.173. The summed E-state index contributed by atoms with van der Waals surface area (Å²) in [6.45, 7) is 5.01. The number of aromatic nitrogens is 1. The molecule has 0 spiro atoms. The molecule has 1 fully saturated rings. The predicted octanol–water partition coefficient (Wildman–Crippen LogP) is 5.68. The molecule has 0 bridgehead atoms. The highest BCUT2D eigenvalue weighted by Crippen LogP contribution is 2.38. The number of hydrogen-bond donors (Lipinski definition) is 0. The predicted molar refractivity (Wildman–Crippen MR) is 107 cm³/mol. The maximum atomic E-state index is 13.2. The SMILES string of the molecule is CCC(CC)N1C[C@@H](c2cccc(Cl)c2)CC(c2ccc(Cl)cn2)C1=O. The van der Waals surface area contributed by atoms with Crippen LogP contribution in [0.1, 0.15) is 56.2 Å². The van der Waals surface area contributed by atoms with Crippen molar-refractivity contribution in [2.75, 3.05) is 6.54 Å². The Bertz CT molecular complexity index is 759. The van der Waals surface area contributed by atoms with E-state index in [1.165, 1.54) is 5.56 Å². The Hall–Kier alpha value is -1.58. The molecule has 2 aromatic rings. The van der Waals surface area contributed by atoms with Gasteiger partial charge in [0.25, 0.3) is 0 Å². The number of hydrogen-bond acceptors (Lipinski definition) is 2. The Morgan fingerprint density at radius 2 is 1.92 bits per heavy atom. The Morgan fingerprint density at radius 1 is 1.15 bits per heavy atom. The molecular formula is C21H24Cl2N2O. The first kappa shape index (κ1) is 19.2. The van der Waals surface area contributed by atoms with Gasteiger partial charge in [-0.05, 0) is 49.1 Å². The number of pyridine rings is 1. The smallest absolute Gasteiger partial charge is 0.232 e. The number of carbonyl (C=O) groups excluding carboxylic acids is 1. The van der Waals surface area contributed by atoms with E-state index in [0.717, 1.165) is 36.5 Å². The van der Waals surface area contributed by atoms with Gasteiger partial charge in [0.2, 0.25) is 5.91 Å². The normalized spacial score (nSPS) is 20.7. The highest BCUT2D eigenvalue weighted by Gasteiger charge is 2.38. The van der Waals surface area contributed by atoms with E-state index >= 15 is 0 Å². The molecule has 3 rings (SSSR count). The molecule has 1 aromatic carbocycles. The Morgan fingerprint density at radius 3 is 2.54 bits per heavy atom. The van der Waals surface area contributed by atoms with Crippen molar-refractivity contribution < 1.29 is 4.79 Å². The first-order chi connectivity index (χ1) is 12.5. The second kappa shape index (κ2) is 8.41. The summed E-state index contributed by atoms with van der Waals surface area (Å²) in [5.41, 5.74) is 1.97. The van der Waals surface area contributed by atoms with Gasteiger partial charge in [-0.15, -0.1) is 0 Å². The Kier molecular flexibility index (Phi) is 6.20. The summed E-state index contributed by atoms with van der Waals surface area (Å²) in [7, 11) is 0. The van der Waals surface area contributed by atoms with E-state index < -0.39 is 0 Å². The van der Waals surface area contributed by atoms with E-state index in [0.29, 0.717) is 5.02 Å². The van der Waals surface area contributed by atoms with Crippen molar-refractivity contribution in [1.82, 2.24) is 9.88 Å². The summed E-state index contributed by atoms with van der Waals surface area (Å²) >= 11 is 12.2. The minimum absolute atomic E-state index is 0.173. The lowest BCUT2D eigenvalue weighted by molar-refractivity contribution is -0.138. The second-order valence-electron chi connectivity index (χ2n) is 6.90. The molecule has 1 unspecified atom stereocenters. The maximum absolute atomic E-state index is 13.2. The number of likely N-dealkylation sites (tertiary alicyclic amines) is 1. The number of carbonyl (C=O) groups is 1. The standard InChI is InChI=1S/C21H24Cl2N2O/c1-3-18(4-2)25-13-15(14-6-5-7-16(22)10-14)11-19(21(25)26)20-9-8-17(23)12-24-20/h5-10,12,15,18-19H,3-4,11,13H2,1-2H3/t15-,19?/m0/s1. The molecule has 1 amide bonds. The first-order valence-electron chi connectivity index (χ1n) is 9.20. The van der Waals surface area contributed by atoms with Gasteiger partial charge in [-0.3, -0.25) is 9.78 Å². The van der Waals surface area contributed by atoms with Gasteiger partial charge in [0, 0.05) is 29.7 Å². The molecule has 138 valence electrons. The Balaban J connectivity index is 1.97. The molecule has 0 N–H and O–H groups in total. The van der Waals surface area contributed by atoms with Crippen LogP contribution in [0.3, 0.4) is 0 Å². The van der Waals surface area contributed by atoms with Crippen molar-refractivity contribution in [3.8, 4) is 0 Å². The fourth-order valence-corrected chi connectivity index (χ4v) is 4.20. The van der Waals surface area contributed by atoms with Crippen LogP contribution in [-0.2, 0) is 4.79 Å². The van der Waals surface area contributed by atoms with Crippen LogP contribution >= 0.6 is 23.2 Å². The van der Waals surface area contributed by atoms with Crippen LogP contribution in [0.4, 0.5) is 0 Å².